The molecule has 0 aliphatic heterocycles. The smallest absolute Gasteiger partial charge is 0.132 e. The van der Waals surface area contributed by atoms with Crippen molar-refractivity contribution >= 4 is 17.4 Å². The highest BCUT2D eigenvalue weighted by atomic mass is 35.5. The summed E-state index contributed by atoms with van der Waals surface area (Å²) in [6.45, 7) is 3.24. The monoisotopic (exact) mass is 263 g/mol. The first kappa shape index (κ1) is 13.2. The fourth-order valence-electron chi connectivity index (χ4n) is 2.43. The van der Waals surface area contributed by atoms with E-state index in [-0.39, 0.29) is 0 Å². The Morgan fingerprint density at radius 3 is 2.78 bits per heavy atom. The van der Waals surface area contributed by atoms with Crippen LogP contribution in [0.1, 0.15) is 38.2 Å². The fourth-order valence-corrected chi connectivity index (χ4v) is 2.64. The molecule has 1 saturated carbocycles. The Hall–Kier alpha value is -1.27. The molecule has 0 radical (unpaired) electrons. The predicted molar refractivity (Wildman–Crippen MR) is 73.6 cm³/mol. The van der Waals surface area contributed by atoms with Crippen molar-refractivity contribution in [3.05, 3.63) is 22.8 Å². The van der Waals surface area contributed by atoms with Gasteiger partial charge < -0.3 is 5.32 Å². The summed E-state index contributed by atoms with van der Waals surface area (Å²) in [6, 6.07) is 5.41. The number of anilines is 1. The van der Waals surface area contributed by atoms with Crippen LogP contribution in [0.5, 0.6) is 0 Å². The highest BCUT2D eigenvalue weighted by molar-refractivity contribution is 6.29. The second kappa shape index (κ2) is 6.06. The highest BCUT2D eigenvalue weighted by Gasteiger charge is 2.17. The zero-order valence-corrected chi connectivity index (χ0v) is 11.4. The maximum Gasteiger partial charge on any atom is 0.132 e. The Labute approximate surface area is 113 Å². The van der Waals surface area contributed by atoms with Gasteiger partial charge in [-0.05, 0) is 36.8 Å². The second-order valence-electron chi connectivity index (χ2n) is 5.18. The molecule has 1 fully saturated rings. The van der Waals surface area contributed by atoms with Crippen molar-refractivity contribution in [2.45, 2.75) is 32.6 Å². The maximum absolute atomic E-state index is 8.87. The third-order valence-electron chi connectivity index (χ3n) is 3.63. The number of aromatic nitrogens is 1. The van der Waals surface area contributed by atoms with Crippen LogP contribution in [0.3, 0.4) is 0 Å². The summed E-state index contributed by atoms with van der Waals surface area (Å²) in [6.07, 6.45) is 5.19. The minimum atomic E-state index is 0.369. The summed E-state index contributed by atoms with van der Waals surface area (Å²) >= 11 is 5.87. The molecule has 1 aliphatic rings. The van der Waals surface area contributed by atoms with Gasteiger partial charge in [0, 0.05) is 6.54 Å². The number of hydrogen-bond acceptors (Lipinski definition) is 3. The van der Waals surface area contributed by atoms with Gasteiger partial charge in [-0.2, -0.15) is 5.26 Å². The van der Waals surface area contributed by atoms with E-state index in [9.17, 15) is 0 Å². The molecule has 4 heteroatoms. The average molecular weight is 264 g/mol. The summed E-state index contributed by atoms with van der Waals surface area (Å²) in [5.41, 5.74) is 0.551. The summed E-state index contributed by atoms with van der Waals surface area (Å²) in [4.78, 5) is 4.18. The molecule has 0 amide bonds. The quantitative estimate of drug-likeness (QED) is 0.843. The Morgan fingerprint density at radius 1 is 1.39 bits per heavy atom. The first-order chi connectivity index (χ1) is 8.67. The number of nitrogens with zero attached hydrogens (tertiary/aromatic N) is 2. The Balaban J connectivity index is 1.90. The third kappa shape index (κ3) is 3.61. The van der Waals surface area contributed by atoms with Gasteiger partial charge in [-0.3, -0.25) is 0 Å². The largest absolute Gasteiger partial charge is 0.370 e. The zero-order valence-electron chi connectivity index (χ0n) is 10.6. The molecule has 0 bridgehead atoms. The van der Waals surface area contributed by atoms with Gasteiger partial charge in [0.1, 0.15) is 11.0 Å². The first-order valence-electron chi connectivity index (χ1n) is 6.49. The Morgan fingerprint density at radius 2 is 2.11 bits per heavy atom. The number of hydrogen-bond donors (Lipinski definition) is 1. The van der Waals surface area contributed by atoms with E-state index in [0.717, 1.165) is 12.5 Å². The molecule has 1 N–H and O–H groups in total. The van der Waals surface area contributed by atoms with Gasteiger partial charge in [-0.15, -0.1) is 0 Å². The standard InChI is InChI=1S/C14H18ClN3/c1-10-2-4-11(5-3-10)9-17-14-7-12(8-16)6-13(15)18-14/h6-7,10-11H,2-5,9H2,1H3,(H,17,18). The van der Waals surface area contributed by atoms with Crippen molar-refractivity contribution in [3.8, 4) is 6.07 Å². The Kier molecular flexibility index (Phi) is 4.43. The summed E-state index contributed by atoms with van der Waals surface area (Å²) in [5, 5.41) is 12.5. The maximum atomic E-state index is 8.87. The highest BCUT2D eigenvalue weighted by Crippen LogP contribution is 2.28. The molecule has 1 heterocycles. The van der Waals surface area contributed by atoms with Gasteiger partial charge in [0.05, 0.1) is 11.6 Å². The van der Waals surface area contributed by atoms with Crippen molar-refractivity contribution in [1.29, 1.82) is 5.26 Å². The van der Waals surface area contributed by atoms with Crippen LogP contribution < -0.4 is 5.32 Å². The van der Waals surface area contributed by atoms with Crippen molar-refractivity contribution in [3.63, 3.8) is 0 Å². The second-order valence-corrected chi connectivity index (χ2v) is 5.57. The van der Waals surface area contributed by atoms with E-state index in [4.69, 9.17) is 16.9 Å². The molecule has 1 aromatic heterocycles. The molecular weight excluding hydrogens is 246 g/mol. The minimum absolute atomic E-state index is 0.369. The van der Waals surface area contributed by atoms with E-state index >= 15 is 0 Å². The van der Waals surface area contributed by atoms with E-state index in [1.807, 2.05) is 0 Å². The van der Waals surface area contributed by atoms with Crippen LogP contribution in [0.25, 0.3) is 0 Å². The molecule has 1 aromatic rings. The lowest BCUT2D eigenvalue weighted by molar-refractivity contribution is 0.300. The van der Waals surface area contributed by atoms with Crippen LogP contribution in [0.2, 0.25) is 5.15 Å². The van der Waals surface area contributed by atoms with Crippen molar-refractivity contribution in [2.24, 2.45) is 11.8 Å². The van der Waals surface area contributed by atoms with Gasteiger partial charge in [0.25, 0.3) is 0 Å². The normalized spacial score (nSPS) is 23.4. The van der Waals surface area contributed by atoms with E-state index < -0.39 is 0 Å². The number of nitriles is 1. The molecule has 0 spiro atoms. The van der Waals surface area contributed by atoms with E-state index in [1.54, 1.807) is 12.1 Å². The minimum Gasteiger partial charge on any atom is -0.370 e. The van der Waals surface area contributed by atoms with Crippen LogP contribution in [-0.2, 0) is 0 Å². The molecule has 0 atom stereocenters. The van der Waals surface area contributed by atoms with Crippen molar-refractivity contribution in [2.75, 3.05) is 11.9 Å². The Bertz CT molecular complexity index is 445. The van der Waals surface area contributed by atoms with Crippen molar-refractivity contribution in [1.82, 2.24) is 4.98 Å². The van der Waals surface area contributed by atoms with Crippen molar-refractivity contribution < 1.29 is 0 Å². The van der Waals surface area contributed by atoms with Crippen LogP contribution >= 0.6 is 11.6 Å². The van der Waals surface area contributed by atoms with Gasteiger partial charge in [-0.25, -0.2) is 4.98 Å². The van der Waals surface area contributed by atoms with Crippen LogP contribution in [-0.4, -0.2) is 11.5 Å². The third-order valence-corrected chi connectivity index (χ3v) is 3.82. The van der Waals surface area contributed by atoms with E-state index in [0.29, 0.717) is 22.5 Å². The molecule has 0 aromatic carbocycles. The van der Waals surface area contributed by atoms with E-state index in [1.165, 1.54) is 25.7 Å². The van der Waals surface area contributed by atoms with Gasteiger partial charge in [-0.1, -0.05) is 31.4 Å². The molecular formula is C14H18ClN3. The number of pyridine rings is 1. The average Bonchev–Trinajstić information content (AvgIpc) is 2.37. The van der Waals surface area contributed by atoms with Crippen LogP contribution in [0.4, 0.5) is 5.82 Å². The fraction of sp³-hybridized carbons (Fsp3) is 0.571. The molecule has 2 rings (SSSR count). The summed E-state index contributed by atoms with van der Waals surface area (Å²) in [5.74, 6) is 2.29. The summed E-state index contributed by atoms with van der Waals surface area (Å²) < 4.78 is 0. The van der Waals surface area contributed by atoms with Gasteiger partial charge >= 0.3 is 0 Å². The number of halogens is 1. The first-order valence-corrected chi connectivity index (χ1v) is 6.86. The van der Waals surface area contributed by atoms with Crippen LogP contribution in [0, 0.1) is 23.2 Å². The number of nitrogens with one attached hydrogen (secondary N) is 1. The molecule has 0 unspecified atom stereocenters. The molecule has 96 valence electrons. The molecule has 3 nitrogen and oxygen atoms in total. The predicted octanol–water partition coefficient (Wildman–Crippen LogP) is 3.84. The lowest BCUT2D eigenvalue weighted by Gasteiger charge is -2.26. The SMILES string of the molecule is CC1CCC(CNc2cc(C#N)cc(Cl)n2)CC1. The summed E-state index contributed by atoms with van der Waals surface area (Å²) in [7, 11) is 0. The molecule has 18 heavy (non-hydrogen) atoms. The molecule has 0 saturated heterocycles. The lowest BCUT2D eigenvalue weighted by atomic mass is 9.83. The number of rotatable bonds is 3. The topological polar surface area (TPSA) is 48.7 Å². The zero-order chi connectivity index (χ0) is 13.0. The van der Waals surface area contributed by atoms with Crippen LogP contribution in [0.15, 0.2) is 12.1 Å². The van der Waals surface area contributed by atoms with E-state index in [2.05, 4.69) is 23.3 Å². The van der Waals surface area contributed by atoms with Gasteiger partial charge in [0.2, 0.25) is 0 Å². The van der Waals surface area contributed by atoms with Gasteiger partial charge in [0.15, 0.2) is 0 Å². The molecule has 1 aliphatic carbocycles. The lowest BCUT2D eigenvalue weighted by Crippen LogP contribution is -2.20.